The molecule has 0 aliphatic heterocycles. The molecule has 0 saturated carbocycles. The minimum Gasteiger partial charge on any atom is -0.266 e. The molecule has 0 spiro atoms. The third-order valence-corrected chi connectivity index (χ3v) is 15.3. The molecule has 0 bridgehead atoms. The predicted octanol–water partition coefficient (Wildman–Crippen LogP) is 11.0. The van der Waals surface area contributed by atoms with Crippen molar-refractivity contribution >= 4 is 121 Å². The Morgan fingerprint density at radius 2 is 0.967 bits per heavy atom. The van der Waals surface area contributed by atoms with E-state index in [1.807, 2.05) is 88.3 Å². The lowest BCUT2D eigenvalue weighted by Crippen LogP contribution is -2.19. The smallest absolute Gasteiger partial charge is 0.266 e. The molecular formula is C43H25N9O2S6. The average Bonchev–Trinajstić information content (AvgIpc) is 4.12. The highest BCUT2D eigenvalue weighted by Gasteiger charge is 2.23. The zero-order valence-electron chi connectivity index (χ0n) is 31.3. The molecular weight excluding hydrogens is 867 g/mol. The molecule has 0 N–H and O–H groups in total. The fourth-order valence-electron chi connectivity index (χ4n) is 7.04. The van der Waals surface area contributed by atoms with E-state index >= 15 is 0 Å². The van der Waals surface area contributed by atoms with Crippen LogP contribution in [0.15, 0.2) is 120 Å². The highest BCUT2D eigenvalue weighted by molar-refractivity contribution is 7.26. The van der Waals surface area contributed by atoms with Crippen LogP contribution in [0.5, 0.6) is 0 Å². The highest BCUT2D eigenvalue weighted by Crippen LogP contribution is 2.43. The van der Waals surface area contributed by atoms with E-state index in [0.717, 1.165) is 41.4 Å². The Morgan fingerprint density at radius 1 is 0.517 bits per heavy atom. The van der Waals surface area contributed by atoms with Crippen molar-refractivity contribution in [2.24, 2.45) is 10.2 Å². The first-order valence-electron chi connectivity index (χ1n) is 18.3. The molecule has 11 heterocycles. The van der Waals surface area contributed by atoms with Gasteiger partial charge in [0.2, 0.25) is 0 Å². The molecule has 60 heavy (non-hydrogen) atoms. The summed E-state index contributed by atoms with van der Waals surface area (Å²) in [6.07, 6.45) is 3.36. The fraction of sp³-hybridized carbons (Fsp3) is 0.0465. The van der Waals surface area contributed by atoms with Crippen molar-refractivity contribution in [2.45, 2.75) is 13.8 Å². The lowest BCUT2D eigenvalue weighted by molar-refractivity contribution is 0.773. The second kappa shape index (κ2) is 14.8. The van der Waals surface area contributed by atoms with Gasteiger partial charge in [0.25, 0.3) is 11.1 Å². The number of hydrogen-bond donors (Lipinski definition) is 0. The van der Waals surface area contributed by atoms with Crippen LogP contribution < -0.4 is 11.1 Å². The normalized spacial score (nSPS) is 12.2. The summed E-state index contributed by atoms with van der Waals surface area (Å²) < 4.78 is 3.67. The summed E-state index contributed by atoms with van der Waals surface area (Å²) >= 11 is 8.94. The Labute approximate surface area is 363 Å². The van der Waals surface area contributed by atoms with Gasteiger partial charge in [0.15, 0.2) is 0 Å². The molecule has 11 aromatic heterocycles. The second-order valence-electron chi connectivity index (χ2n) is 13.5. The van der Waals surface area contributed by atoms with E-state index in [4.69, 9.17) is 24.9 Å². The SMILES string of the molecule is Cc1nc2c(sc3nc(-c4cccc(-c5cc(-c6cccs6)c6c(n5)sc5c(=O)n(/N=C/c7cccs7)c(C)nc56)n4)cc(-c4cccs4)c32)c(=O)n1/N=C/c1cccs1. The maximum atomic E-state index is 14.0. The lowest BCUT2D eigenvalue weighted by atomic mass is 10.1. The van der Waals surface area contributed by atoms with E-state index < -0.39 is 0 Å². The molecule has 11 aromatic rings. The summed E-state index contributed by atoms with van der Waals surface area (Å²) in [5.41, 5.74) is 5.17. The summed E-state index contributed by atoms with van der Waals surface area (Å²) in [4.78, 5) is 58.5. The van der Waals surface area contributed by atoms with Gasteiger partial charge in [-0.3, -0.25) is 9.59 Å². The van der Waals surface area contributed by atoms with E-state index in [1.54, 1.807) is 71.6 Å². The number of hydrogen-bond acceptors (Lipinski definition) is 15. The molecule has 0 amide bonds. The first-order chi connectivity index (χ1) is 29.4. The standard InChI is InChI=1S/C43H25N9O2S6/c1-22-46-36-34-26(32-12-6-16-57-32)18-30(49-40(34)59-38(36)42(53)51(22)44-20-24-8-4-14-55-24)28-10-3-11-29(48-28)31-19-27(33-13-7-17-58-33)35-37-39(60-41(35)50-31)43(54)52(23(2)47-37)45-21-25-9-5-15-56-25/h3-21H,1-2H3/b44-20+,45-21+. The number of rotatable bonds is 8. The molecule has 290 valence electrons. The number of pyridine rings is 3. The predicted molar refractivity (Wildman–Crippen MR) is 251 cm³/mol. The monoisotopic (exact) mass is 891 g/mol. The van der Waals surface area contributed by atoms with Crippen molar-refractivity contribution in [3.63, 3.8) is 0 Å². The number of thiophene rings is 6. The Kier molecular flexibility index (Phi) is 9.09. The van der Waals surface area contributed by atoms with Crippen LogP contribution >= 0.6 is 68.0 Å². The van der Waals surface area contributed by atoms with Crippen LogP contribution in [0.2, 0.25) is 0 Å². The third kappa shape index (κ3) is 6.29. The van der Waals surface area contributed by atoms with Crippen LogP contribution in [-0.4, -0.2) is 46.7 Å². The number of aromatic nitrogens is 7. The zero-order chi connectivity index (χ0) is 40.5. The quantitative estimate of drug-likeness (QED) is 0.139. The molecule has 0 aliphatic carbocycles. The van der Waals surface area contributed by atoms with Crippen molar-refractivity contribution in [1.29, 1.82) is 0 Å². The van der Waals surface area contributed by atoms with E-state index in [1.165, 1.54) is 32.0 Å². The molecule has 11 rings (SSSR count). The Balaban J connectivity index is 1.06. The fourth-order valence-corrected chi connectivity index (χ4v) is 11.8. The molecule has 11 nitrogen and oxygen atoms in total. The molecule has 0 aliphatic rings. The van der Waals surface area contributed by atoms with Gasteiger partial charge in [0.1, 0.15) is 30.7 Å². The molecule has 0 unspecified atom stereocenters. The van der Waals surface area contributed by atoms with Crippen LogP contribution in [0.4, 0.5) is 0 Å². The summed E-state index contributed by atoms with van der Waals surface area (Å²) in [6.45, 7) is 3.59. The molecule has 0 fully saturated rings. The van der Waals surface area contributed by atoms with E-state index in [0.29, 0.717) is 64.5 Å². The molecule has 0 radical (unpaired) electrons. The zero-order valence-corrected chi connectivity index (χ0v) is 36.2. The van der Waals surface area contributed by atoms with Gasteiger partial charge in [0.05, 0.1) is 46.2 Å². The second-order valence-corrected chi connectivity index (χ2v) is 19.3. The van der Waals surface area contributed by atoms with E-state index in [2.05, 4.69) is 22.3 Å². The Morgan fingerprint density at radius 3 is 1.38 bits per heavy atom. The lowest BCUT2D eigenvalue weighted by Gasteiger charge is -2.09. The Bertz CT molecular complexity index is 3380. The van der Waals surface area contributed by atoms with Crippen molar-refractivity contribution in [2.75, 3.05) is 0 Å². The minimum atomic E-state index is -0.244. The van der Waals surface area contributed by atoms with Crippen LogP contribution in [0.25, 0.3) is 84.5 Å². The average molecular weight is 892 g/mol. The van der Waals surface area contributed by atoms with Gasteiger partial charge < -0.3 is 0 Å². The first-order valence-corrected chi connectivity index (χ1v) is 23.5. The van der Waals surface area contributed by atoms with Gasteiger partial charge in [-0.15, -0.1) is 68.0 Å². The van der Waals surface area contributed by atoms with Crippen LogP contribution in [0, 0.1) is 13.8 Å². The minimum absolute atomic E-state index is 0.244. The third-order valence-electron chi connectivity index (χ3n) is 9.74. The Hall–Kier alpha value is -6.21. The van der Waals surface area contributed by atoms with Crippen molar-refractivity contribution in [3.8, 4) is 43.7 Å². The van der Waals surface area contributed by atoms with Gasteiger partial charge in [-0.05, 0) is 83.9 Å². The summed E-state index contributed by atoms with van der Waals surface area (Å²) in [5, 5.41) is 18.6. The highest BCUT2D eigenvalue weighted by atomic mass is 32.1. The summed E-state index contributed by atoms with van der Waals surface area (Å²) in [7, 11) is 0. The molecule has 17 heteroatoms. The number of fused-ring (bicyclic) bond motifs is 6. The van der Waals surface area contributed by atoms with E-state index in [9.17, 15) is 9.59 Å². The maximum Gasteiger partial charge on any atom is 0.292 e. The van der Waals surface area contributed by atoms with Crippen LogP contribution in [0.1, 0.15) is 21.4 Å². The largest absolute Gasteiger partial charge is 0.292 e. The van der Waals surface area contributed by atoms with Crippen molar-refractivity contribution in [1.82, 2.24) is 34.3 Å². The van der Waals surface area contributed by atoms with Crippen LogP contribution in [-0.2, 0) is 0 Å². The summed E-state index contributed by atoms with van der Waals surface area (Å²) in [5.74, 6) is 0.972. The van der Waals surface area contributed by atoms with Crippen LogP contribution in [0.3, 0.4) is 0 Å². The van der Waals surface area contributed by atoms with Crippen molar-refractivity contribution < 1.29 is 0 Å². The van der Waals surface area contributed by atoms with Crippen molar-refractivity contribution in [3.05, 3.63) is 142 Å². The van der Waals surface area contributed by atoms with E-state index in [-0.39, 0.29) is 11.1 Å². The summed E-state index contributed by atoms with van der Waals surface area (Å²) in [6, 6.07) is 25.8. The van der Waals surface area contributed by atoms with Gasteiger partial charge in [-0.1, -0.05) is 30.3 Å². The van der Waals surface area contributed by atoms with Gasteiger partial charge >= 0.3 is 0 Å². The van der Waals surface area contributed by atoms with Gasteiger partial charge in [0, 0.05) is 41.4 Å². The molecule has 0 atom stereocenters. The topological polar surface area (TPSA) is 133 Å². The number of aryl methyl sites for hydroxylation is 2. The van der Waals surface area contributed by atoms with Gasteiger partial charge in [-0.25, -0.2) is 24.9 Å². The molecule has 0 saturated heterocycles. The first kappa shape index (κ1) is 36.8. The number of nitrogens with zero attached hydrogens (tertiary/aromatic N) is 9. The molecule has 0 aromatic carbocycles. The maximum absolute atomic E-state index is 14.0. The van der Waals surface area contributed by atoms with Gasteiger partial charge in [-0.2, -0.15) is 19.6 Å².